The van der Waals surface area contributed by atoms with Gasteiger partial charge in [-0.25, -0.2) is 4.99 Å². The fraction of sp³-hybridized carbons (Fsp3) is 0.440. The summed E-state index contributed by atoms with van der Waals surface area (Å²) in [5, 5.41) is 9.67. The molecule has 3 N–H and O–H groups in total. The fourth-order valence-corrected chi connectivity index (χ4v) is 3.15. The van der Waals surface area contributed by atoms with Crippen molar-refractivity contribution in [1.82, 2.24) is 16.0 Å². The van der Waals surface area contributed by atoms with E-state index in [0.29, 0.717) is 24.3 Å². The smallest absolute Gasteiger partial charge is 0.258 e. The van der Waals surface area contributed by atoms with Crippen molar-refractivity contribution in [3.05, 3.63) is 65.2 Å². The first kappa shape index (κ1) is 22.7. The largest absolute Gasteiger partial charge is 0.484 e. The number of carbonyl (C=O) groups is 1. The molecule has 1 atom stereocenters. The second kappa shape index (κ2) is 11.4. The summed E-state index contributed by atoms with van der Waals surface area (Å²) in [6.07, 6.45) is 2.15. The Bertz CT molecular complexity index is 875. The number of guanidine groups is 1. The summed E-state index contributed by atoms with van der Waals surface area (Å²) < 4.78 is 5.64. The molecule has 0 bridgehead atoms. The molecule has 0 aliphatic heterocycles. The van der Waals surface area contributed by atoms with Crippen molar-refractivity contribution in [2.75, 3.05) is 19.7 Å². The van der Waals surface area contributed by atoms with Crippen LogP contribution >= 0.6 is 0 Å². The van der Waals surface area contributed by atoms with Crippen molar-refractivity contribution in [3.8, 4) is 5.75 Å². The summed E-state index contributed by atoms with van der Waals surface area (Å²) in [6.45, 7) is 8.54. The van der Waals surface area contributed by atoms with Crippen LogP contribution in [0.15, 0.2) is 53.5 Å². The molecule has 1 amide bonds. The molecule has 6 heteroatoms. The summed E-state index contributed by atoms with van der Waals surface area (Å²) in [4.78, 5) is 16.5. The van der Waals surface area contributed by atoms with Gasteiger partial charge in [0, 0.05) is 19.1 Å². The van der Waals surface area contributed by atoms with Crippen LogP contribution in [-0.4, -0.2) is 37.6 Å². The minimum Gasteiger partial charge on any atom is -0.484 e. The van der Waals surface area contributed by atoms with Crippen molar-refractivity contribution in [2.24, 2.45) is 4.99 Å². The molecule has 1 fully saturated rings. The van der Waals surface area contributed by atoms with Crippen molar-refractivity contribution >= 4 is 11.9 Å². The van der Waals surface area contributed by atoms with E-state index >= 15 is 0 Å². The SMILES string of the molecule is CCNC(=NCc1cccc(OCC(=O)NC2CC2)c1)NCC(C)c1ccc(C)cc1. The highest BCUT2D eigenvalue weighted by Crippen LogP contribution is 2.19. The third kappa shape index (κ3) is 7.96. The Morgan fingerprint density at radius 1 is 1.16 bits per heavy atom. The van der Waals surface area contributed by atoms with Gasteiger partial charge in [-0.3, -0.25) is 4.79 Å². The Morgan fingerprint density at radius 3 is 2.65 bits per heavy atom. The van der Waals surface area contributed by atoms with Crippen LogP contribution in [0.1, 0.15) is 49.3 Å². The zero-order valence-corrected chi connectivity index (χ0v) is 18.8. The first-order valence-corrected chi connectivity index (χ1v) is 11.1. The third-order valence-electron chi connectivity index (χ3n) is 5.20. The molecule has 31 heavy (non-hydrogen) atoms. The quantitative estimate of drug-likeness (QED) is 0.405. The van der Waals surface area contributed by atoms with Crippen molar-refractivity contribution < 1.29 is 9.53 Å². The minimum absolute atomic E-state index is 0.0459. The molecule has 1 aliphatic rings. The molecule has 166 valence electrons. The van der Waals surface area contributed by atoms with Gasteiger partial charge in [0.2, 0.25) is 0 Å². The Hall–Kier alpha value is -3.02. The van der Waals surface area contributed by atoms with E-state index < -0.39 is 0 Å². The Labute approximate surface area is 185 Å². The lowest BCUT2D eigenvalue weighted by atomic mass is 10.0. The molecular weight excluding hydrogens is 388 g/mol. The van der Waals surface area contributed by atoms with Gasteiger partial charge in [-0.1, -0.05) is 48.9 Å². The highest BCUT2D eigenvalue weighted by atomic mass is 16.5. The number of nitrogens with zero attached hydrogens (tertiary/aromatic N) is 1. The zero-order valence-electron chi connectivity index (χ0n) is 18.8. The molecule has 6 nitrogen and oxygen atoms in total. The van der Waals surface area contributed by atoms with E-state index in [4.69, 9.17) is 9.73 Å². The highest BCUT2D eigenvalue weighted by molar-refractivity contribution is 5.80. The molecule has 0 spiro atoms. The molecule has 1 aliphatic carbocycles. The molecule has 1 saturated carbocycles. The van der Waals surface area contributed by atoms with Gasteiger partial charge in [0.1, 0.15) is 5.75 Å². The van der Waals surface area contributed by atoms with Gasteiger partial charge in [-0.05, 0) is 55.9 Å². The number of carbonyl (C=O) groups excluding carboxylic acids is 1. The molecule has 0 aromatic heterocycles. The van der Waals surface area contributed by atoms with Crippen LogP contribution in [0.4, 0.5) is 0 Å². The normalized spacial score (nSPS) is 14.6. The van der Waals surface area contributed by atoms with Gasteiger partial charge < -0.3 is 20.7 Å². The minimum atomic E-state index is -0.0627. The van der Waals surface area contributed by atoms with Gasteiger partial charge in [-0.2, -0.15) is 0 Å². The van der Waals surface area contributed by atoms with Crippen molar-refractivity contribution in [2.45, 2.75) is 52.1 Å². The molecular formula is C25H34N4O2. The topological polar surface area (TPSA) is 74.8 Å². The zero-order chi connectivity index (χ0) is 22.1. The van der Waals surface area contributed by atoms with E-state index in [0.717, 1.165) is 37.5 Å². The van der Waals surface area contributed by atoms with E-state index in [2.05, 4.69) is 61.0 Å². The molecule has 2 aromatic carbocycles. The number of hydrogen-bond acceptors (Lipinski definition) is 3. The number of amides is 1. The summed E-state index contributed by atoms with van der Waals surface area (Å²) in [5.74, 6) is 1.79. The number of hydrogen-bond donors (Lipinski definition) is 3. The number of benzene rings is 2. The van der Waals surface area contributed by atoms with Crippen LogP contribution in [0.3, 0.4) is 0 Å². The van der Waals surface area contributed by atoms with Gasteiger partial charge in [-0.15, -0.1) is 0 Å². The van der Waals surface area contributed by atoms with Gasteiger partial charge >= 0.3 is 0 Å². The number of rotatable bonds is 10. The predicted molar refractivity (Wildman–Crippen MR) is 126 cm³/mol. The van der Waals surface area contributed by atoms with E-state index in [1.807, 2.05) is 24.3 Å². The maximum atomic E-state index is 11.8. The highest BCUT2D eigenvalue weighted by Gasteiger charge is 2.23. The summed E-state index contributed by atoms with van der Waals surface area (Å²) in [6, 6.07) is 16.8. The lowest BCUT2D eigenvalue weighted by Crippen LogP contribution is -2.39. The Balaban J connectivity index is 1.51. The van der Waals surface area contributed by atoms with Gasteiger partial charge in [0.05, 0.1) is 6.54 Å². The molecule has 0 heterocycles. The van der Waals surface area contributed by atoms with Crippen LogP contribution in [-0.2, 0) is 11.3 Å². The van der Waals surface area contributed by atoms with E-state index in [1.165, 1.54) is 11.1 Å². The Kier molecular flexibility index (Phi) is 8.33. The monoisotopic (exact) mass is 422 g/mol. The number of aryl methyl sites for hydroxylation is 1. The van der Waals surface area contributed by atoms with E-state index in [-0.39, 0.29) is 12.5 Å². The lowest BCUT2D eigenvalue weighted by Gasteiger charge is -2.16. The maximum Gasteiger partial charge on any atom is 0.258 e. The number of nitrogens with one attached hydrogen (secondary N) is 3. The average Bonchev–Trinajstić information content (AvgIpc) is 3.59. The first-order chi connectivity index (χ1) is 15.0. The summed E-state index contributed by atoms with van der Waals surface area (Å²) in [7, 11) is 0. The average molecular weight is 423 g/mol. The van der Waals surface area contributed by atoms with Crippen molar-refractivity contribution in [1.29, 1.82) is 0 Å². The van der Waals surface area contributed by atoms with Crippen LogP contribution in [0.2, 0.25) is 0 Å². The second-order valence-corrected chi connectivity index (χ2v) is 8.17. The van der Waals surface area contributed by atoms with Crippen molar-refractivity contribution in [3.63, 3.8) is 0 Å². The molecule has 2 aromatic rings. The lowest BCUT2D eigenvalue weighted by molar-refractivity contribution is -0.123. The third-order valence-corrected chi connectivity index (χ3v) is 5.20. The van der Waals surface area contributed by atoms with Gasteiger partial charge in [0.15, 0.2) is 12.6 Å². The standard InChI is InChI=1S/C25H34N4O2/c1-4-26-25(27-15-19(3)21-10-8-18(2)9-11-21)28-16-20-6-5-7-23(14-20)31-17-24(30)29-22-12-13-22/h5-11,14,19,22H,4,12-13,15-17H2,1-3H3,(H,29,30)(H2,26,27,28). The van der Waals surface area contributed by atoms with E-state index in [9.17, 15) is 4.79 Å². The summed E-state index contributed by atoms with van der Waals surface area (Å²) in [5.41, 5.74) is 3.61. The van der Waals surface area contributed by atoms with E-state index in [1.54, 1.807) is 0 Å². The number of aliphatic imine (C=N–C) groups is 1. The summed E-state index contributed by atoms with van der Waals surface area (Å²) >= 11 is 0. The molecule has 3 rings (SSSR count). The van der Waals surface area contributed by atoms with Crippen LogP contribution < -0.4 is 20.7 Å². The second-order valence-electron chi connectivity index (χ2n) is 8.17. The maximum absolute atomic E-state index is 11.8. The van der Waals surface area contributed by atoms with Crippen LogP contribution in [0.5, 0.6) is 5.75 Å². The molecule has 1 unspecified atom stereocenters. The first-order valence-electron chi connectivity index (χ1n) is 11.1. The fourth-order valence-electron chi connectivity index (χ4n) is 3.15. The number of ether oxygens (including phenoxy) is 1. The van der Waals surface area contributed by atoms with Crippen LogP contribution in [0, 0.1) is 6.92 Å². The molecule has 0 saturated heterocycles. The Morgan fingerprint density at radius 2 is 1.94 bits per heavy atom. The predicted octanol–water partition coefficient (Wildman–Crippen LogP) is 3.51. The molecule has 0 radical (unpaired) electrons. The van der Waals surface area contributed by atoms with Crippen LogP contribution in [0.25, 0.3) is 0 Å². The van der Waals surface area contributed by atoms with Gasteiger partial charge in [0.25, 0.3) is 5.91 Å².